The van der Waals surface area contributed by atoms with Crippen molar-refractivity contribution >= 4 is 22.7 Å². The smallest absolute Gasteiger partial charge is 0.254 e. The highest BCUT2D eigenvalue weighted by atomic mass is 16.2. The summed E-state index contributed by atoms with van der Waals surface area (Å²) in [6.07, 6.45) is 0.985. The van der Waals surface area contributed by atoms with Gasteiger partial charge in [-0.1, -0.05) is 25.1 Å². The molecule has 0 unspecified atom stereocenters. The van der Waals surface area contributed by atoms with E-state index >= 15 is 0 Å². The van der Waals surface area contributed by atoms with E-state index in [4.69, 9.17) is 10.7 Å². The first-order valence-electron chi connectivity index (χ1n) is 9.39. The Labute approximate surface area is 165 Å². The fourth-order valence-corrected chi connectivity index (χ4v) is 3.19. The van der Waals surface area contributed by atoms with E-state index in [1.165, 1.54) is 10.5 Å². The number of aryl methyl sites for hydroxylation is 2. The highest BCUT2D eigenvalue weighted by molar-refractivity contribution is 5.98. The molecule has 2 aromatic carbocycles. The fraction of sp³-hybridized carbons (Fsp3) is 0.261. The number of carbonyl (C=O) groups is 2. The minimum atomic E-state index is -0.676. The van der Waals surface area contributed by atoms with Gasteiger partial charge in [-0.25, -0.2) is 4.98 Å². The van der Waals surface area contributed by atoms with E-state index in [-0.39, 0.29) is 5.91 Å². The van der Waals surface area contributed by atoms with E-state index in [0.29, 0.717) is 5.56 Å². The molecule has 0 fully saturated rings. The molecule has 2 N–H and O–H groups in total. The van der Waals surface area contributed by atoms with E-state index < -0.39 is 11.9 Å². The molecule has 144 valence electrons. The van der Waals surface area contributed by atoms with Gasteiger partial charge in [-0.05, 0) is 61.7 Å². The quantitative estimate of drug-likeness (QED) is 0.738. The summed E-state index contributed by atoms with van der Waals surface area (Å²) in [6.45, 7) is 5.82. The Morgan fingerprint density at radius 3 is 2.57 bits per heavy atom. The number of pyridine rings is 1. The van der Waals surface area contributed by atoms with Gasteiger partial charge in [0.1, 0.15) is 6.04 Å². The van der Waals surface area contributed by atoms with E-state index in [2.05, 4.69) is 26.0 Å². The van der Waals surface area contributed by atoms with Crippen molar-refractivity contribution in [3.05, 3.63) is 65.2 Å². The van der Waals surface area contributed by atoms with Crippen LogP contribution in [0.1, 0.15) is 35.3 Å². The molecule has 5 heteroatoms. The summed E-state index contributed by atoms with van der Waals surface area (Å²) in [5.74, 6) is -0.788. The number of primary amides is 1. The monoisotopic (exact) mass is 375 g/mol. The summed E-state index contributed by atoms with van der Waals surface area (Å²) >= 11 is 0. The Balaban J connectivity index is 2.00. The summed E-state index contributed by atoms with van der Waals surface area (Å²) < 4.78 is 0. The second-order valence-electron chi connectivity index (χ2n) is 7.10. The molecule has 0 radical (unpaired) electrons. The van der Waals surface area contributed by atoms with Crippen LogP contribution in [-0.4, -0.2) is 34.8 Å². The van der Waals surface area contributed by atoms with Crippen LogP contribution >= 0.6 is 0 Å². The van der Waals surface area contributed by atoms with Crippen molar-refractivity contribution in [1.29, 1.82) is 0 Å². The summed E-state index contributed by atoms with van der Waals surface area (Å²) in [5, 5.41) is 1.14. The van der Waals surface area contributed by atoms with E-state index in [1.807, 2.05) is 24.3 Å². The number of likely N-dealkylation sites (N-methyl/N-ethyl adjacent to an activating group) is 1. The summed E-state index contributed by atoms with van der Waals surface area (Å²) in [7, 11) is 1.58. The number of amides is 2. The predicted molar refractivity (Wildman–Crippen MR) is 112 cm³/mol. The molecule has 0 aliphatic rings. The van der Waals surface area contributed by atoms with Gasteiger partial charge in [-0.2, -0.15) is 0 Å². The molecular weight excluding hydrogens is 350 g/mol. The number of aromatic nitrogens is 1. The first-order valence-corrected chi connectivity index (χ1v) is 9.39. The average Bonchev–Trinajstić information content (AvgIpc) is 2.71. The third kappa shape index (κ3) is 3.74. The van der Waals surface area contributed by atoms with E-state index in [0.717, 1.165) is 34.1 Å². The van der Waals surface area contributed by atoms with Gasteiger partial charge >= 0.3 is 0 Å². The lowest BCUT2D eigenvalue weighted by Crippen LogP contribution is -2.43. The van der Waals surface area contributed by atoms with Crippen molar-refractivity contribution < 1.29 is 9.59 Å². The number of carbonyl (C=O) groups excluding carboxylic acids is 2. The molecule has 28 heavy (non-hydrogen) atoms. The van der Waals surface area contributed by atoms with Crippen LogP contribution in [0.15, 0.2) is 48.5 Å². The van der Waals surface area contributed by atoms with Crippen LogP contribution in [0.3, 0.4) is 0 Å². The van der Waals surface area contributed by atoms with Gasteiger partial charge in [0.2, 0.25) is 5.91 Å². The second kappa shape index (κ2) is 7.80. The molecule has 1 heterocycles. The number of nitrogens with zero attached hydrogens (tertiary/aromatic N) is 2. The highest BCUT2D eigenvalue weighted by Crippen LogP contribution is 2.26. The van der Waals surface area contributed by atoms with Crippen LogP contribution in [0.4, 0.5) is 0 Å². The molecule has 5 nitrogen and oxygen atoms in total. The Kier molecular flexibility index (Phi) is 5.45. The first-order chi connectivity index (χ1) is 13.3. The van der Waals surface area contributed by atoms with Gasteiger partial charge in [-0.3, -0.25) is 9.59 Å². The summed E-state index contributed by atoms with van der Waals surface area (Å²) in [6, 6.07) is 15.0. The van der Waals surface area contributed by atoms with Crippen molar-refractivity contribution in [2.24, 2.45) is 5.73 Å². The predicted octanol–water partition coefficient (Wildman–Crippen LogP) is 3.72. The highest BCUT2D eigenvalue weighted by Gasteiger charge is 2.21. The van der Waals surface area contributed by atoms with Crippen LogP contribution in [0.2, 0.25) is 0 Å². The van der Waals surface area contributed by atoms with Crippen molar-refractivity contribution in [1.82, 2.24) is 9.88 Å². The molecule has 3 rings (SSSR count). The van der Waals surface area contributed by atoms with Gasteiger partial charge in [0.05, 0.1) is 11.2 Å². The van der Waals surface area contributed by atoms with Crippen LogP contribution < -0.4 is 5.73 Å². The van der Waals surface area contributed by atoms with Crippen LogP contribution in [-0.2, 0) is 11.2 Å². The summed E-state index contributed by atoms with van der Waals surface area (Å²) in [5.41, 5.74) is 10.8. The van der Waals surface area contributed by atoms with Crippen molar-refractivity contribution in [2.45, 2.75) is 33.2 Å². The normalized spacial score (nSPS) is 12.0. The molecule has 0 aliphatic heterocycles. The Morgan fingerprint density at radius 2 is 1.89 bits per heavy atom. The lowest BCUT2D eigenvalue weighted by Gasteiger charge is -2.22. The second-order valence-corrected chi connectivity index (χ2v) is 7.10. The molecule has 1 aromatic heterocycles. The molecule has 0 spiro atoms. The molecule has 0 saturated heterocycles. The Morgan fingerprint density at radius 1 is 1.14 bits per heavy atom. The molecule has 2 amide bonds. The maximum atomic E-state index is 12.7. The number of benzene rings is 2. The molecule has 0 aliphatic carbocycles. The molecule has 0 saturated carbocycles. The average molecular weight is 375 g/mol. The van der Waals surface area contributed by atoms with Gasteiger partial charge < -0.3 is 10.6 Å². The van der Waals surface area contributed by atoms with Crippen molar-refractivity contribution in [3.8, 4) is 11.3 Å². The lowest BCUT2D eigenvalue weighted by atomic mass is 10.0. The van der Waals surface area contributed by atoms with Crippen LogP contribution in [0.25, 0.3) is 22.2 Å². The maximum Gasteiger partial charge on any atom is 0.254 e. The lowest BCUT2D eigenvalue weighted by molar-refractivity contribution is -0.121. The standard InChI is InChI=1S/C23H25N3O2/c1-5-16-9-10-20-19(12-16)14(2)11-21(25-20)17-7-6-8-18(13-17)23(28)26(4)15(3)22(24)27/h6-13,15H,5H2,1-4H3,(H2,24,27)/t15-/m0/s1. The molecule has 3 aromatic rings. The van der Waals surface area contributed by atoms with E-state index in [1.54, 1.807) is 26.1 Å². The Hall–Kier alpha value is -3.21. The molecular formula is C23H25N3O2. The van der Waals surface area contributed by atoms with Gasteiger partial charge in [0.25, 0.3) is 5.91 Å². The summed E-state index contributed by atoms with van der Waals surface area (Å²) in [4.78, 5) is 30.3. The third-order valence-electron chi connectivity index (χ3n) is 5.21. The van der Waals surface area contributed by atoms with Crippen molar-refractivity contribution in [2.75, 3.05) is 7.05 Å². The van der Waals surface area contributed by atoms with Crippen LogP contribution in [0, 0.1) is 6.92 Å². The zero-order valence-electron chi connectivity index (χ0n) is 16.7. The minimum Gasteiger partial charge on any atom is -0.368 e. The number of hydrogen-bond acceptors (Lipinski definition) is 3. The zero-order chi connectivity index (χ0) is 20.4. The van der Waals surface area contributed by atoms with E-state index in [9.17, 15) is 9.59 Å². The number of rotatable bonds is 5. The third-order valence-corrected chi connectivity index (χ3v) is 5.21. The minimum absolute atomic E-state index is 0.252. The van der Waals surface area contributed by atoms with Crippen LogP contribution in [0.5, 0.6) is 0 Å². The fourth-order valence-electron chi connectivity index (χ4n) is 3.19. The van der Waals surface area contributed by atoms with Gasteiger partial charge in [0.15, 0.2) is 0 Å². The number of nitrogens with two attached hydrogens (primary N) is 1. The largest absolute Gasteiger partial charge is 0.368 e. The maximum absolute atomic E-state index is 12.7. The first kappa shape index (κ1) is 19.5. The van der Waals surface area contributed by atoms with Crippen molar-refractivity contribution in [3.63, 3.8) is 0 Å². The number of hydrogen-bond donors (Lipinski definition) is 1. The molecule has 0 bridgehead atoms. The molecule has 1 atom stereocenters. The number of fused-ring (bicyclic) bond motifs is 1. The topological polar surface area (TPSA) is 76.3 Å². The zero-order valence-corrected chi connectivity index (χ0v) is 16.7. The SMILES string of the molecule is CCc1ccc2nc(-c3cccc(C(=O)N(C)[C@@H](C)C(N)=O)c3)cc(C)c2c1. The van der Waals surface area contributed by atoms with Gasteiger partial charge in [0, 0.05) is 23.6 Å². The Bertz CT molecular complexity index is 1060. The van der Waals surface area contributed by atoms with Gasteiger partial charge in [-0.15, -0.1) is 0 Å².